The second-order valence-electron chi connectivity index (χ2n) is 4.11. The minimum absolute atomic E-state index is 0.0913. The predicted molar refractivity (Wildman–Crippen MR) is 73.8 cm³/mol. The summed E-state index contributed by atoms with van der Waals surface area (Å²) in [5.41, 5.74) is 0.712. The van der Waals surface area contributed by atoms with Crippen LogP contribution in [-0.2, 0) is 14.3 Å². The van der Waals surface area contributed by atoms with E-state index in [4.69, 9.17) is 4.74 Å². The lowest BCUT2D eigenvalue weighted by molar-refractivity contribution is -0.128. The first-order valence-corrected chi connectivity index (χ1v) is 6.41. The fourth-order valence-electron chi connectivity index (χ4n) is 1.41. The van der Waals surface area contributed by atoms with Gasteiger partial charge < -0.3 is 15.4 Å². The molecule has 0 heterocycles. The molecule has 0 radical (unpaired) electrons. The number of amides is 2. The van der Waals surface area contributed by atoms with Gasteiger partial charge in [-0.05, 0) is 18.6 Å². The maximum atomic E-state index is 11.5. The number of carbonyl (C=O) groups is 2. The van der Waals surface area contributed by atoms with Gasteiger partial charge in [-0.2, -0.15) is 0 Å². The highest BCUT2D eigenvalue weighted by Crippen LogP contribution is 2.04. The fraction of sp³-hybridized carbons (Fsp3) is 0.429. The number of hydrogen-bond donors (Lipinski definition) is 2. The topological polar surface area (TPSA) is 67.4 Å². The molecule has 0 atom stereocenters. The Balaban J connectivity index is 2.12. The molecule has 1 aromatic carbocycles. The largest absolute Gasteiger partial charge is 0.362 e. The van der Waals surface area contributed by atoms with Crippen LogP contribution >= 0.6 is 0 Å². The number of unbranched alkanes of at least 4 members (excludes halogenated alkanes) is 1. The molecular weight excluding hydrogens is 244 g/mol. The molecule has 5 heteroatoms. The number of hydrogen-bond acceptors (Lipinski definition) is 3. The molecule has 0 bridgehead atoms. The molecule has 0 unspecified atom stereocenters. The van der Waals surface area contributed by atoms with E-state index in [0.29, 0.717) is 12.2 Å². The molecule has 104 valence electrons. The number of anilines is 1. The first-order chi connectivity index (χ1) is 9.22. The lowest BCUT2D eigenvalue weighted by Gasteiger charge is -2.06. The van der Waals surface area contributed by atoms with Gasteiger partial charge in [0.2, 0.25) is 11.8 Å². The quantitative estimate of drug-likeness (QED) is 0.700. The van der Waals surface area contributed by atoms with Crippen LogP contribution in [0.1, 0.15) is 19.8 Å². The highest BCUT2D eigenvalue weighted by molar-refractivity contribution is 5.91. The van der Waals surface area contributed by atoms with Gasteiger partial charge in [-0.3, -0.25) is 9.59 Å². The van der Waals surface area contributed by atoms with E-state index in [9.17, 15) is 9.59 Å². The Morgan fingerprint density at radius 2 is 1.79 bits per heavy atom. The van der Waals surface area contributed by atoms with Crippen LogP contribution in [0.2, 0.25) is 0 Å². The zero-order valence-corrected chi connectivity index (χ0v) is 11.1. The van der Waals surface area contributed by atoms with Crippen molar-refractivity contribution in [3.8, 4) is 0 Å². The van der Waals surface area contributed by atoms with Gasteiger partial charge in [0, 0.05) is 12.2 Å². The third kappa shape index (κ3) is 7.21. The molecule has 0 aliphatic heterocycles. The number of carbonyl (C=O) groups excluding carboxylic acids is 2. The average molecular weight is 264 g/mol. The highest BCUT2D eigenvalue weighted by atomic mass is 16.5. The van der Waals surface area contributed by atoms with Crippen LogP contribution in [0, 0.1) is 0 Å². The zero-order valence-electron chi connectivity index (χ0n) is 11.1. The highest BCUT2D eigenvalue weighted by Gasteiger charge is 2.05. The van der Waals surface area contributed by atoms with Gasteiger partial charge in [-0.25, -0.2) is 0 Å². The third-order valence-electron chi connectivity index (χ3n) is 2.38. The van der Waals surface area contributed by atoms with Crippen molar-refractivity contribution in [2.75, 3.05) is 25.1 Å². The van der Waals surface area contributed by atoms with Gasteiger partial charge >= 0.3 is 0 Å². The Morgan fingerprint density at radius 3 is 2.47 bits per heavy atom. The van der Waals surface area contributed by atoms with Crippen LogP contribution in [-0.4, -0.2) is 31.6 Å². The van der Waals surface area contributed by atoms with E-state index in [-0.39, 0.29) is 25.0 Å². The first kappa shape index (κ1) is 15.2. The van der Waals surface area contributed by atoms with Crippen LogP contribution in [0.25, 0.3) is 0 Å². The number of para-hydroxylation sites is 1. The molecule has 19 heavy (non-hydrogen) atoms. The SMILES string of the molecule is CCCCNC(=O)COCC(=O)Nc1ccccc1. The second-order valence-corrected chi connectivity index (χ2v) is 4.11. The minimum Gasteiger partial charge on any atom is -0.362 e. The van der Waals surface area contributed by atoms with Crippen molar-refractivity contribution in [2.24, 2.45) is 0 Å². The number of rotatable bonds is 8. The predicted octanol–water partition coefficient (Wildman–Crippen LogP) is 1.56. The van der Waals surface area contributed by atoms with E-state index >= 15 is 0 Å². The summed E-state index contributed by atoms with van der Waals surface area (Å²) >= 11 is 0. The summed E-state index contributed by atoms with van der Waals surface area (Å²) in [7, 11) is 0. The van der Waals surface area contributed by atoms with Crippen molar-refractivity contribution in [1.82, 2.24) is 5.32 Å². The van der Waals surface area contributed by atoms with E-state index in [0.717, 1.165) is 12.8 Å². The summed E-state index contributed by atoms with van der Waals surface area (Å²) < 4.78 is 5.04. The van der Waals surface area contributed by atoms with Crippen molar-refractivity contribution in [3.05, 3.63) is 30.3 Å². The summed E-state index contributed by atoms with van der Waals surface area (Å²) in [4.78, 5) is 22.8. The van der Waals surface area contributed by atoms with Crippen LogP contribution in [0.4, 0.5) is 5.69 Å². The standard InChI is InChI=1S/C14H20N2O3/c1-2-3-9-15-13(17)10-19-11-14(18)16-12-7-5-4-6-8-12/h4-8H,2-3,9-11H2,1H3,(H,15,17)(H,16,18). The van der Waals surface area contributed by atoms with Crippen LogP contribution in [0.15, 0.2) is 30.3 Å². The van der Waals surface area contributed by atoms with Crippen LogP contribution < -0.4 is 10.6 Å². The summed E-state index contributed by atoms with van der Waals surface area (Å²) in [5.74, 6) is -0.464. The van der Waals surface area contributed by atoms with Crippen molar-refractivity contribution >= 4 is 17.5 Å². The molecule has 0 spiro atoms. The fourth-order valence-corrected chi connectivity index (χ4v) is 1.41. The Kier molecular flexibility index (Phi) is 7.27. The second kappa shape index (κ2) is 9.10. The summed E-state index contributed by atoms with van der Waals surface area (Å²) in [6, 6.07) is 9.10. The molecule has 0 saturated heterocycles. The number of ether oxygens (including phenoxy) is 1. The molecule has 0 aliphatic carbocycles. The molecule has 0 aromatic heterocycles. The van der Waals surface area contributed by atoms with E-state index in [1.807, 2.05) is 18.2 Å². The van der Waals surface area contributed by atoms with Crippen molar-refractivity contribution in [2.45, 2.75) is 19.8 Å². The van der Waals surface area contributed by atoms with Crippen LogP contribution in [0.3, 0.4) is 0 Å². The van der Waals surface area contributed by atoms with Crippen molar-refractivity contribution in [3.63, 3.8) is 0 Å². The monoisotopic (exact) mass is 264 g/mol. The van der Waals surface area contributed by atoms with E-state index in [1.165, 1.54) is 0 Å². The molecule has 0 saturated carbocycles. The molecule has 5 nitrogen and oxygen atoms in total. The van der Waals surface area contributed by atoms with Gasteiger partial charge in [0.15, 0.2) is 0 Å². The Hall–Kier alpha value is -1.88. The number of benzene rings is 1. The lowest BCUT2D eigenvalue weighted by atomic mass is 10.3. The Bertz CT molecular complexity index is 393. The van der Waals surface area contributed by atoms with Crippen LogP contribution in [0.5, 0.6) is 0 Å². The molecule has 2 N–H and O–H groups in total. The van der Waals surface area contributed by atoms with Gasteiger partial charge in [-0.1, -0.05) is 31.5 Å². The molecule has 1 rings (SSSR count). The zero-order chi connectivity index (χ0) is 13.9. The lowest BCUT2D eigenvalue weighted by Crippen LogP contribution is -2.30. The summed E-state index contributed by atoms with van der Waals surface area (Å²) in [5, 5.41) is 5.38. The molecule has 2 amide bonds. The Labute approximate surface area is 113 Å². The van der Waals surface area contributed by atoms with E-state index < -0.39 is 0 Å². The minimum atomic E-state index is -0.271. The van der Waals surface area contributed by atoms with Crippen molar-refractivity contribution in [1.29, 1.82) is 0 Å². The molecular formula is C14H20N2O3. The number of nitrogens with one attached hydrogen (secondary N) is 2. The Morgan fingerprint density at radius 1 is 1.11 bits per heavy atom. The summed E-state index contributed by atoms with van der Waals surface area (Å²) in [6.45, 7) is 2.48. The summed E-state index contributed by atoms with van der Waals surface area (Å²) in [6.07, 6.45) is 1.97. The maximum Gasteiger partial charge on any atom is 0.250 e. The molecule has 1 aromatic rings. The molecule has 0 fully saturated rings. The van der Waals surface area contributed by atoms with Gasteiger partial charge in [-0.15, -0.1) is 0 Å². The average Bonchev–Trinajstić information content (AvgIpc) is 2.40. The van der Waals surface area contributed by atoms with E-state index in [1.54, 1.807) is 12.1 Å². The van der Waals surface area contributed by atoms with Crippen molar-refractivity contribution < 1.29 is 14.3 Å². The van der Waals surface area contributed by atoms with E-state index in [2.05, 4.69) is 17.6 Å². The van der Waals surface area contributed by atoms with Gasteiger partial charge in [0.05, 0.1) is 0 Å². The normalized spacial score (nSPS) is 9.95. The molecule has 0 aliphatic rings. The first-order valence-electron chi connectivity index (χ1n) is 6.41. The van der Waals surface area contributed by atoms with Gasteiger partial charge in [0.1, 0.15) is 13.2 Å². The van der Waals surface area contributed by atoms with Gasteiger partial charge in [0.25, 0.3) is 0 Å². The maximum absolute atomic E-state index is 11.5. The third-order valence-corrected chi connectivity index (χ3v) is 2.38. The smallest absolute Gasteiger partial charge is 0.250 e.